The average Bonchev–Trinajstić information content (AvgIpc) is 2.05. The molecule has 0 spiro atoms. The van der Waals surface area contributed by atoms with Crippen molar-refractivity contribution in [2.24, 2.45) is 4.99 Å². The Kier molecular flexibility index (Phi) is 1.10. The van der Waals surface area contributed by atoms with E-state index in [1.54, 1.807) is 18.6 Å². The molecule has 1 aromatic rings. The minimum atomic E-state index is 0.492. The van der Waals surface area contributed by atoms with E-state index in [-0.39, 0.29) is 0 Å². The number of aromatic nitrogens is 2. The Morgan fingerprint density at radius 2 is 2.20 bits per heavy atom. The molecule has 0 bridgehead atoms. The molecule has 0 atom stereocenters. The standard InChI is InChI=1S/C6H5N3O/c1-2-9-6-5(7-1)8-3-4-10-6/h1-3H,4H2. The molecule has 2 heterocycles. The van der Waals surface area contributed by atoms with Crippen molar-refractivity contribution in [1.82, 2.24) is 9.97 Å². The SMILES string of the molecule is C1=Nc2nccnc2OC1. The number of aliphatic imine (C=N–C) groups is 1. The van der Waals surface area contributed by atoms with Gasteiger partial charge in [0.2, 0.25) is 5.82 Å². The Hall–Kier alpha value is -1.45. The van der Waals surface area contributed by atoms with Crippen LogP contribution in [0.15, 0.2) is 17.4 Å². The first-order valence-corrected chi connectivity index (χ1v) is 2.93. The third-order valence-electron chi connectivity index (χ3n) is 1.15. The van der Waals surface area contributed by atoms with Gasteiger partial charge in [0.1, 0.15) is 6.61 Å². The molecule has 2 rings (SSSR count). The van der Waals surface area contributed by atoms with Gasteiger partial charge in [-0.3, -0.25) is 0 Å². The highest BCUT2D eigenvalue weighted by Crippen LogP contribution is 2.21. The van der Waals surface area contributed by atoms with Gasteiger partial charge in [-0.1, -0.05) is 0 Å². The molecule has 0 unspecified atom stereocenters. The highest BCUT2D eigenvalue weighted by molar-refractivity contribution is 5.67. The predicted octanol–water partition coefficient (Wildman–Crippen LogP) is 0.571. The van der Waals surface area contributed by atoms with E-state index in [2.05, 4.69) is 15.0 Å². The van der Waals surface area contributed by atoms with Crippen LogP contribution in [-0.2, 0) is 0 Å². The molecule has 4 nitrogen and oxygen atoms in total. The molecule has 0 saturated heterocycles. The quantitative estimate of drug-likeness (QED) is 0.522. The van der Waals surface area contributed by atoms with Crippen LogP contribution in [0.2, 0.25) is 0 Å². The van der Waals surface area contributed by atoms with Crippen molar-refractivity contribution in [3.05, 3.63) is 12.4 Å². The van der Waals surface area contributed by atoms with Crippen molar-refractivity contribution in [3.63, 3.8) is 0 Å². The molecule has 0 N–H and O–H groups in total. The maximum Gasteiger partial charge on any atom is 0.260 e. The Morgan fingerprint density at radius 1 is 1.30 bits per heavy atom. The van der Waals surface area contributed by atoms with Gasteiger partial charge in [-0.25, -0.2) is 15.0 Å². The molecule has 0 aromatic carbocycles. The first kappa shape index (κ1) is 5.34. The minimum Gasteiger partial charge on any atom is -0.469 e. The number of nitrogens with zero attached hydrogens (tertiary/aromatic N) is 3. The van der Waals surface area contributed by atoms with E-state index in [4.69, 9.17) is 4.74 Å². The summed E-state index contributed by atoms with van der Waals surface area (Å²) in [6.45, 7) is 0.492. The number of hydrogen-bond acceptors (Lipinski definition) is 4. The van der Waals surface area contributed by atoms with Gasteiger partial charge in [-0.15, -0.1) is 0 Å². The average molecular weight is 135 g/mol. The fraction of sp³-hybridized carbons (Fsp3) is 0.167. The van der Waals surface area contributed by atoms with Crippen LogP contribution in [0.25, 0.3) is 0 Å². The molecule has 0 radical (unpaired) electrons. The molecule has 10 heavy (non-hydrogen) atoms. The third kappa shape index (κ3) is 0.737. The zero-order valence-corrected chi connectivity index (χ0v) is 5.19. The Bertz CT molecular complexity index is 271. The normalized spacial score (nSPS) is 14.0. The molecular formula is C6H5N3O. The van der Waals surface area contributed by atoms with Gasteiger partial charge >= 0.3 is 0 Å². The molecule has 0 saturated carbocycles. The summed E-state index contributed by atoms with van der Waals surface area (Å²) in [6, 6.07) is 0. The van der Waals surface area contributed by atoms with E-state index in [9.17, 15) is 0 Å². The smallest absolute Gasteiger partial charge is 0.260 e. The zero-order valence-electron chi connectivity index (χ0n) is 5.19. The first-order chi connectivity index (χ1) is 4.97. The molecule has 1 aliphatic heterocycles. The van der Waals surface area contributed by atoms with Crippen molar-refractivity contribution in [3.8, 4) is 5.88 Å². The van der Waals surface area contributed by atoms with E-state index in [1.807, 2.05) is 0 Å². The summed E-state index contributed by atoms with van der Waals surface area (Å²) in [5.41, 5.74) is 0. The van der Waals surface area contributed by atoms with Crippen molar-refractivity contribution < 1.29 is 4.74 Å². The van der Waals surface area contributed by atoms with Crippen molar-refractivity contribution in [2.45, 2.75) is 0 Å². The third-order valence-corrected chi connectivity index (χ3v) is 1.15. The predicted molar refractivity (Wildman–Crippen MR) is 35.7 cm³/mol. The van der Waals surface area contributed by atoms with E-state index in [0.717, 1.165) is 0 Å². The Morgan fingerprint density at radius 3 is 3.10 bits per heavy atom. The van der Waals surface area contributed by atoms with Gasteiger partial charge in [-0.05, 0) is 0 Å². The molecular weight excluding hydrogens is 130 g/mol. The van der Waals surface area contributed by atoms with Gasteiger partial charge in [0.05, 0.1) is 0 Å². The van der Waals surface area contributed by atoms with Crippen LogP contribution in [0.5, 0.6) is 5.88 Å². The molecule has 0 amide bonds. The highest BCUT2D eigenvalue weighted by Gasteiger charge is 2.06. The molecule has 50 valence electrons. The molecule has 0 aliphatic carbocycles. The summed E-state index contributed by atoms with van der Waals surface area (Å²) in [4.78, 5) is 11.8. The summed E-state index contributed by atoms with van der Waals surface area (Å²) in [5, 5.41) is 0. The van der Waals surface area contributed by atoms with Gasteiger partial charge in [0.25, 0.3) is 5.88 Å². The monoisotopic (exact) mass is 135 g/mol. The minimum absolute atomic E-state index is 0.492. The lowest BCUT2D eigenvalue weighted by atomic mass is 10.6. The lowest BCUT2D eigenvalue weighted by Gasteiger charge is -2.06. The fourth-order valence-corrected chi connectivity index (χ4v) is 0.748. The fourth-order valence-electron chi connectivity index (χ4n) is 0.748. The van der Waals surface area contributed by atoms with Crippen LogP contribution >= 0.6 is 0 Å². The number of fused-ring (bicyclic) bond motifs is 1. The Balaban J connectivity index is 2.54. The van der Waals surface area contributed by atoms with E-state index in [0.29, 0.717) is 18.3 Å². The molecule has 1 aliphatic rings. The van der Waals surface area contributed by atoms with Crippen molar-refractivity contribution >= 4 is 12.0 Å². The lowest BCUT2D eigenvalue weighted by Crippen LogP contribution is -2.04. The van der Waals surface area contributed by atoms with Crippen LogP contribution in [-0.4, -0.2) is 22.8 Å². The maximum atomic E-state index is 5.10. The van der Waals surface area contributed by atoms with Crippen LogP contribution in [0.3, 0.4) is 0 Å². The lowest BCUT2D eigenvalue weighted by molar-refractivity contribution is 0.359. The summed E-state index contributed by atoms with van der Waals surface area (Å²) in [5.74, 6) is 1.08. The summed E-state index contributed by atoms with van der Waals surface area (Å²) in [7, 11) is 0. The molecule has 1 aromatic heterocycles. The first-order valence-electron chi connectivity index (χ1n) is 2.93. The zero-order chi connectivity index (χ0) is 6.81. The Labute approximate surface area is 57.6 Å². The van der Waals surface area contributed by atoms with Crippen LogP contribution in [0.4, 0.5) is 5.82 Å². The van der Waals surface area contributed by atoms with E-state index < -0.39 is 0 Å². The second kappa shape index (κ2) is 2.06. The second-order valence-electron chi connectivity index (χ2n) is 1.81. The number of ether oxygens (including phenoxy) is 1. The topological polar surface area (TPSA) is 47.4 Å². The summed E-state index contributed by atoms with van der Waals surface area (Å²) in [6.07, 6.45) is 4.83. The van der Waals surface area contributed by atoms with Crippen molar-refractivity contribution in [1.29, 1.82) is 0 Å². The van der Waals surface area contributed by atoms with E-state index in [1.165, 1.54) is 0 Å². The summed E-state index contributed by atoms with van der Waals surface area (Å²) >= 11 is 0. The molecule has 4 heteroatoms. The van der Waals surface area contributed by atoms with Crippen LogP contribution < -0.4 is 4.74 Å². The summed E-state index contributed by atoms with van der Waals surface area (Å²) < 4.78 is 5.10. The van der Waals surface area contributed by atoms with Gasteiger partial charge < -0.3 is 4.74 Å². The van der Waals surface area contributed by atoms with Crippen LogP contribution in [0, 0.1) is 0 Å². The van der Waals surface area contributed by atoms with Gasteiger partial charge in [0.15, 0.2) is 0 Å². The van der Waals surface area contributed by atoms with Gasteiger partial charge in [0, 0.05) is 18.6 Å². The highest BCUT2D eigenvalue weighted by atomic mass is 16.5. The number of rotatable bonds is 0. The molecule has 0 fully saturated rings. The van der Waals surface area contributed by atoms with Crippen LogP contribution in [0.1, 0.15) is 0 Å². The van der Waals surface area contributed by atoms with Gasteiger partial charge in [-0.2, -0.15) is 0 Å². The van der Waals surface area contributed by atoms with E-state index >= 15 is 0 Å². The maximum absolute atomic E-state index is 5.10. The van der Waals surface area contributed by atoms with Crippen molar-refractivity contribution in [2.75, 3.05) is 6.61 Å². The second-order valence-corrected chi connectivity index (χ2v) is 1.81. The number of hydrogen-bond donors (Lipinski definition) is 0. The largest absolute Gasteiger partial charge is 0.469 e.